The molecule has 0 atom stereocenters. The van der Waals surface area contributed by atoms with Crippen LogP contribution in [0.5, 0.6) is 5.75 Å². The lowest BCUT2D eigenvalue weighted by Crippen LogP contribution is -2.24. The van der Waals surface area contributed by atoms with E-state index >= 15 is 0 Å². The van der Waals surface area contributed by atoms with Gasteiger partial charge in [-0.3, -0.25) is 4.98 Å². The van der Waals surface area contributed by atoms with Gasteiger partial charge in [0, 0.05) is 25.0 Å². The van der Waals surface area contributed by atoms with Gasteiger partial charge in [0.25, 0.3) is 0 Å². The lowest BCUT2D eigenvalue weighted by atomic mass is 10.1. The number of halogens is 3. The summed E-state index contributed by atoms with van der Waals surface area (Å²) in [6, 6.07) is 6.52. The Bertz CT molecular complexity index is 934. The molecule has 0 fully saturated rings. The van der Waals surface area contributed by atoms with E-state index in [4.69, 9.17) is 4.74 Å². The Hall–Kier alpha value is -3.17. The molecule has 3 rings (SSSR count). The van der Waals surface area contributed by atoms with E-state index in [-0.39, 0.29) is 11.3 Å². The maximum atomic E-state index is 13.4. The van der Waals surface area contributed by atoms with E-state index < -0.39 is 24.0 Å². The van der Waals surface area contributed by atoms with Crippen molar-refractivity contribution in [1.82, 2.24) is 24.8 Å². The largest absolute Gasteiger partial charge is 0.489 e. The SMILES string of the molecule is Cn1nnn(-c2cccc(C(F)(F)F)c2COc2ccncc2)c1=O. The molecule has 0 aliphatic carbocycles. The van der Waals surface area contributed by atoms with E-state index in [1.807, 2.05) is 0 Å². The van der Waals surface area contributed by atoms with E-state index in [1.54, 1.807) is 0 Å². The number of aromatic nitrogens is 5. The minimum Gasteiger partial charge on any atom is -0.489 e. The van der Waals surface area contributed by atoms with Crippen molar-refractivity contribution in [2.24, 2.45) is 7.05 Å². The third-order valence-corrected chi connectivity index (χ3v) is 3.44. The van der Waals surface area contributed by atoms with Crippen molar-refractivity contribution in [3.63, 3.8) is 0 Å². The third-order valence-electron chi connectivity index (χ3n) is 3.44. The number of ether oxygens (including phenoxy) is 1. The number of hydrogen-bond acceptors (Lipinski definition) is 5. The van der Waals surface area contributed by atoms with E-state index in [0.29, 0.717) is 5.75 Å². The molecule has 10 heteroatoms. The predicted octanol–water partition coefficient (Wildman–Crippen LogP) is 1.96. The number of aryl methyl sites for hydroxylation is 1. The topological polar surface area (TPSA) is 74.8 Å². The number of benzene rings is 1. The smallest absolute Gasteiger partial charge is 0.416 e. The number of alkyl halides is 3. The van der Waals surface area contributed by atoms with Gasteiger partial charge in [0.05, 0.1) is 11.3 Å². The summed E-state index contributed by atoms with van der Waals surface area (Å²) in [7, 11) is 1.35. The lowest BCUT2D eigenvalue weighted by molar-refractivity contribution is -0.138. The fraction of sp³-hybridized carbons (Fsp3) is 0.200. The maximum absolute atomic E-state index is 13.4. The first-order valence-corrected chi connectivity index (χ1v) is 7.09. The van der Waals surface area contributed by atoms with Crippen molar-refractivity contribution in [1.29, 1.82) is 0 Å². The van der Waals surface area contributed by atoms with Crippen LogP contribution < -0.4 is 10.4 Å². The van der Waals surface area contributed by atoms with Gasteiger partial charge in [0.2, 0.25) is 0 Å². The molecule has 0 saturated carbocycles. The van der Waals surface area contributed by atoms with Crippen molar-refractivity contribution in [2.45, 2.75) is 12.8 Å². The van der Waals surface area contributed by atoms with Crippen molar-refractivity contribution in [3.8, 4) is 11.4 Å². The molecule has 0 saturated heterocycles. The van der Waals surface area contributed by atoms with Gasteiger partial charge >= 0.3 is 11.9 Å². The van der Waals surface area contributed by atoms with E-state index in [9.17, 15) is 18.0 Å². The van der Waals surface area contributed by atoms with Gasteiger partial charge in [-0.2, -0.15) is 22.5 Å². The minimum atomic E-state index is -4.61. The van der Waals surface area contributed by atoms with Crippen LogP contribution in [0.25, 0.3) is 5.69 Å². The molecule has 2 aromatic heterocycles. The van der Waals surface area contributed by atoms with Crippen LogP contribution in [-0.4, -0.2) is 24.8 Å². The molecule has 130 valence electrons. The van der Waals surface area contributed by atoms with Crippen LogP contribution in [0.4, 0.5) is 13.2 Å². The summed E-state index contributed by atoms with van der Waals surface area (Å²) >= 11 is 0. The van der Waals surface area contributed by atoms with Gasteiger partial charge < -0.3 is 4.74 Å². The summed E-state index contributed by atoms with van der Waals surface area (Å²) in [5.74, 6) is 0.351. The second-order valence-corrected chi connectivity index (χ2v) is 5.07. The highest BCUT2D eigenvalue weighted by Crippen LogP contribution is 2.34. The van der Waals surface area contributed by atoms with Crippen molar-refractivity contribution in [3.05, 3.63) is 64.3 Å². The van der Waals surface area contributed by atoms with E-state index in [0.717, 1.165) is 15.4 Å². The van der Waals surface area contributed by atoms with Crippen molar-refractivity contribution >= 4 is 0 Å². The maximum Gasteiger partial charge on any atom is 0.416 e. The number of tetrazole rings is 1. The number of rotatable bonds is 4. The zero-order valence-corrected chi connectivity index (χ0v) is 12.9. The summed E-state index contributed by atoms with van der Waals surface area (Å²) in [5.41, 5.74) is -1.82. The molecular weight excluding hydrogens is 339 g/mol. The molecule has 0 aliphatic rings. The van der Waals surface area contributed by atoms with Crippen LogP contribution in [-0.2, 0) is 19.8 Å². The molecule has 0 amide bonds. The minimum absolute atomic E-state index is 0.0398. The number of pyridine rings is 1. The van der Waals surface area contributed by atoms with Crippen LogP contribution in [0.1, 0.15) is 11.1 Å². The lowest BCUT2D eigenvalue weighted by Gasteiger charge is -2.16. The summed E-state index contributed by atoms with van der Waals surface area (Å²) in [6.45, 7) is -0.405. The fourth-order valence-corrected chi connectivity index (χ4v) is 2.25. The fourth-order valence-electron chi connectivity index (χ4n) is 2.25. The monoisotopic (exact) mass is 351 g/mol. The second-order valence-electron chi connectivity index (χ2n) is 5.07. The average Bonchev–Trinajstić information content (AvgIpc) is 2.92. The highest BCUT2D eigenvalue weighted by Gasteiger charge is 2.35. The summed E-state index contributed by atoms with van der Waals surface area (Å²) < 4.78 is 47.3. The summed E-state index contributed by atoms with van der Waals surface area (Å²) in [6.07, 6.45) is -1.70. The first-order chi connectivity index (χ1) is 11.9. The van der Waals surface area contributed by atoms with Gasteiger partial charge in [0.15, 0.2) is 0 Å². The zero-order valence-electron chi connectivity index (χ0n) is 12.9. The highest BCUT2D eigenvalue weighted by molar-refractivity contribution is 5.46. The Morgan fingerprint density at radius 3 is 2.44 bits per heavy atom. The number of nitrogens with zero attached hydrogens (tertiary/aromatic N) is 5. The van der Waals surface area contributed by atoms with Gasteiger partial charge in [-0.1, -0.05) is 6.07 Å². The van der Waals surface area contributed by atoms with Gasteiger partial charge in [-0.25, -0.2) is 4.79 Å². The molecule has 7 nitrogen and oxygen atoms in total. The molecule has 0 spiro atoms. The van der Waals surface area contributed by atoms with Gasteiger partial charge in [-0.15, -0.1) is 0 Å². The predicted molar refractivity (Wildman–Crippen MR) is 80.2 cm³/mol. The van der Waals surface area contributed by atoms with Crippen LogP contribution in [0, 0.1) is 0 Å². The Morgan fingerprint density at radius 2 is 1.84 bits per heavy atom. The summed E-state index contributed by atoms with van der Waals surface area (Å²) in [4.78, 5) is 15.8. The first kappa shape index (κ1) is 16.7. The van der Waals surface area contributed by atoms with Crippen LogP contribution >= 0.6 is 0 Å². The van der Waals surface area contributed by atoms with Crippen molar-refractivity contribution in [2.75, 3.05) is 0 Å². The normalized spacial score (nSPS) is 11.5. The second kappa shape index (κ2) is 6.38. The molecule has 1 aromatic carbocycles. The van der Waals surface area contributed by atoms with E-state index in [1.165, 1.54) is 43.7 Å². The third kappa shape index (κ3) is 3.37. The van der Waals surface area contributed by atoms with Crippen molar-refractivity contribution < 1.29 is 17.9 Å². The molecule has 0 aliphatic heterocycles. The Balaban J connectivity index is 2.09. The van der Waals surface area contributed by atoms with E-state index in [2.05, 4.69) is 15.4 Å². The molecule has 0 unspecified atom stereocenters. The molecular formula is C15H12F3N5O2. The number of hydrogen-bond donors (Lipinski definition) is 0. The summed E-state index contributed by atoms with van der Waals surface area (Å²) in [5, 5.41) is 7.14. The zero-order chi connectivity index (χ0) is 18.0. The Kier molecular flexibility index (Phi) is 4.26. The highest BCUT2D eigenvalue weighted by atomic mass is 19.4. The standard InChI is InChI=1S/C15H12F3N5O2/c1-22-14(24)23(21-20-22)13-4-2-3-12(15(16,17)18)11(13)9-25-10-5-7-19-8-6-10/h2-8H,9H2,1H3. The Morgan fingerprint density at radius 1 is 1.12 bits per heavy atom. The quantitative estimate of drug-likeness (QED) is 0.718. The van der Waals surface area contributed by atoms with Crippen LogP contribution in [0.15, 0.2) is 47.5 Å². The molecule has 0 bridgehead atoms. The first-order valence-electron chi connectivity index (χ1n) is 7.09. The molecule has 2 heterocycles. The molecule has 25 heavy (non-hydrogen) atoms. The molecule has 0 N–H and O–H groups in total. The molecule has 0 radical (unpaired) electrons. The Labute approximate surface area is 139 Å². The van der Waals surface area contributed by atoms with Gasteiger partial charge in [-0.05, 0) is 34.7 Å². The van der Waals surface area contributed by atoms with Gasteiger partial charge in [0.1, 0.15) is 12.4 Å². The van der Waals surface area contributed by atoms with Crippen LogP contribution in [0.2, 0.25) is 0 Å². The average molecular weight is 351 g/mol. The van der Waals surface area contributed by atoms with Crippen LogP contribution in [0.3, 0.4) is 0 Å². The molecule has 3 aromatic rings.